The lowest BCUT2D eigenvalue weighted by Crippen LogP contribution is -2.83. The van der Waals surface area contributed by atoms with E-state index in [2.05, 4.69) is 17.1 Å². The fraction of sp³-hybridized carbons (Fsp3) is 0.632. The molecule has 1 amide bonds. The van der Waals surface area contributed by atoms with Crippen molar-refractivity contribution in [3.8, 4) is 5.75 Å². The number of para-hydroxylation sites is 1. The normalized spacial score (nSPS) is 42.8. The number of carbonyl (C=O) groups is 2. The summed E-state index contributed by atoms with van der Waals surface area (Å²) in [5.41, 5.74) is -3.44. The Kier molecular flexibility index (Phi) is 7.76. The monoisotopic (exact) mass is 676 g/mol. The Morgan fingerprint density at radius 3 is 2.49 bits per heavy atom. The number of esters is 1. The molecule has 0 radical (unpaired) electrons. The number of nitrogens with one attached hydrogen (secondary N) is 1. The van der Waals surface area contributed by atoms with E-state index >= 15 is 0 Å². The van der Waals surface area contributed by atoms with Gasteiger partial charge in [-0.2, -0.15) is 0 Å². The SMILES string of the molecule is CCN1C[C@]2(OC(=O)c3ccccc3NC(=O)c3cccc(OC)c3)CC[C@H](OC)[C@]34C1[C@H](C[C@H]23)[C@@]1(O)C[C@H](OC)[C@H]2C[C@@H]4[C@]1(O)[C@H]2OC. The fourth-order valence-electron chi connectivity index (χ4n) is 12.4. The lowest BCUT2D eigenvalue weighted by atomic mass is 9.44. The van der Waals surface area contributed by atoms with Gasteiger partial charge < -0.3 is 39.2 Å². The van der Waals surface area contributed by atoms with Crippen LogP contribution in [-0.4, -0.2) is 110 Å². The van der Waals surface area contributed by atoms with E-state index in [1.165, 1.54) is 0 Å². The van der Waals surface area contributed by atoms with Gasteiger partial charge in [0.15, 0.2) is 0 Å². The topological polar surface area (TPSA) is 136 Å². The van der Waals surface area contributed by atoms with Crippen LogP contribution in [0.15, 0.2) is 48.5 Å². The van der Waals surface area contributed by atoms with Gasteiger partial charge in [0.05, 0.1) is 36.7 Å². The van der Waals surface area contributed by atoms with Gasteiger partial charge in [-0.05, 0) is 62.6 Å². The second kappa shape index (κ2) is 11.5. The van der Waals surface area contributed by atoms with Gasteiger partial charge >= 0.3 is 5.97 Å². The molecule has 6 aliphatic rings. The van der Waals surface area contributed by atoms with Crippen LogP contribution in [0.4, 0.5) is 5.69 Å². The molecule has 6 fully saturated rings. The molecule has 1 spiro atoms. The maximum absolute atomic E-state index is 14.4. The number of piperidine rings is 1. The summed E-state index contributed by atoms with van der Waals surface area (Å²) < 4.78 is 30.6. The van der Waals surface area contributed by atoms with Crippen LogP contribution in [0.5, 0.6) is 5.75 Å². The summed E-state index contributed by atoms with van der Waals surface area (Å²) >= 11 is 0. The first-order valence-corrected chi connectivity index (χ1v) is 17.6. The molecule has 5 aliphatic carbocycles. The molecule has 1 unspecified atom stereocenters. The molecule has 2 aromatic rings. The fourth-order valence-corrected chi connectivity index (χ4v) is 12.4. The van der Waals surface area contributed by atoms with Crippen molar-refractivity contribution in [2.45, 2.75) is 80.2 Å². The highest BCUT2D eigenvalue weighted by atomic mass is 16.6. The Morgan fingerprint density at radius 1 is 0.980 bits per heavy atom. The number of fused-ring (bicyclic) bond motifs is 2. The minimum atomic E-state index is -1.50. The maximum atomic E-state index is 14.4. The van der Waals surface area contributed by atoms with E-state index in [0.717, 1.165) is 0 Å². The summed E-state index contributed by atoms with van der Waals surface area (Å²) in [4.78, 5) is 30.1. The van der Waals surface area contributed by atoms with Crippen molar-refractivity contribution in [2.24, 2.45) is 29.1 Å². The minimum Gasteiger partial charge on any atom is -0.497 e. The van der Waals surface area contributed by atoms with E-state index in [4.69, 9.17) is 23.7 Å². The number of hydrogen-bond acceptors (Lipinski definition) is 10. The van der Waals surface area contributed by atoms with Gasteiger partial charge in [-0.15, -0.1) is 0 Å². The van der Waals surface area contributed by atoms with Crippen molar-refractivity contribution in [3.63, 3.8) is 0 Å². The lowest BCUT2D eigenvalue weighted by molar-refractivity contribution is -0.337. The molecule has 5 saturated carbocycles. The van der Waals surface area contributed by atoms with Crippen molar-refractivity contribution in [1.29, 1.82) is 0 Å². The molecule has 1 aliphatic heterocycles. The smallest absolute Gasteiger partial charge is 0.340 e. The molecule has 1 heterocycles. The number of anilines is 1. The Bertz CT molecular complexity index is 1650. The summed E-state index contributed by atoms with van der Waals surface area (Å²) in [5.74, 6) is -1.25. The molecule has 2 aromatic carbocycles. The number of nitrogens with zero attached hydrogens (tertiary/aromatic N) is 1. The number of carbonyl (C=O) groups excluding carboxylic acids is 2. The molecule has 3 N–H and O–H groups in total. The van der Waals surface area contributed by atoms with Gasteiger partial charge in [0, 0.05) is 75.0 Å². The van der Waals surface area contributed by atoms with E-state index in [1.807, 2.05) is 0 Å². The molecular formula is C38H48N2O9. The number of hydrogen-bond donors (Lipinski definition) is 3. The standard InChI is InChI=1S/C38H48N2O9/c1-6-40-20-35(49-34(42)23-12-7-8-13-26(23)39-33(41)21-10-9-11-22(16-21)45-2)15-14-30(47-4)37-28(35)18-25(31(37)40)36(43)19-27(46-3)24-17-29(37)38(36,44)32(24)48-5/h7-13,16,24-25,27-32,43-44H,6,14-15,17-20H2,1-5H3,(H,39,41)/t24-,25+,27+,28-,29+,30+,31?,32+,35-,36+,37+,38+/m1/s1. The number of ether oxygens (including phenoxy) is 5. The number of amides is 1. The van der Waals surface area contributed by atoms with Gasteiger partial charge in [0.2, 0.25) is 0 Å². The molecule has 12 atom stereocenters. The van der Waals surface area contributed by atoms with Crippen LogP contribution in [0.2, 0.25) is 0 Å². The van der Waals surface area contributed by atoms with E-state index in [1.54, 1.807) is 77.0 Å². The summed E-state index contributed by atoms with van der Waals surface area (Å²) in [6, 6.07) is 13.7. The van der Waals surface area contributed by atoms with E-state index in [0.29, 0.717) is 62.2 Å². The van der Waals surface area contributed by atoms with Crippen LogP contribution in [0.3, 0.4) is 0 Å². The lowest BCUT2D eigenvalue weighted by Gasteiger charge is -2.70. The molecule has 8 rings (SSSR count). The van der Waals surface area contributed by atoms with Crippen molar-refractivity contribution in [1.82, 2.24) is 4.90 Å². The van der Waals surface area contributed by atoms with Crippen LogP contribution in [0.1, 0.15) is 59.7 Å². The second-order valence-corrected chi connectivity index (χ2v) is 15.2. The first-order valence-electron chi connectivity index (χ1n) is 17.6. The number of likely N-dealkylation sites (tertiary alicyclic amines) is 1. The second-order valence-electron chi connectivity index (χ2n) is 15.2. The van der Waals surface area contributed by atoms with Crippen LogP contribution < -0.4 is 10.1 Å². The molecule has 0 aromatic heterocycles. The third kappa shape index (κ3) is 4.11. The summed E-state index contributed by atoms with van der Waals surface area (Å²) in [7, 11) is 6.59. The van der Waals surface area contributed by atoms with E-state index in [-0.39, 0.29) is 53.4 Å². The molecule has 1 saturated heterocycles. The van der Waals surface area contributed by atoms with Gasteiger partial charge in [-0.3, -0.25) is 9.69 Å². The van der Waals surface area contributed by atoms with Crippen molar-refractivity contribution in [2.75, 3.05) is 46.8 Å². The quantitative estimate of drug-likeness (QED) is 0.339. The zero-order chi connectivity index (χ0) is 34.5. The van der Waals surface area contributed by atoms with Gasteiger partial charge in [-0.25, -0.2) is 4.79 Å². The highest BCUT2D eigenvalue weighted by Crippen LogP contribution is 2.79. The first kappa shape index (κ1) is 33.1. The molecular weight excluding hydrogens is 628 g/mol. The molecule has 49 heavy (non-hydrogen) atoms. The average molecular weight is 677 g/mol. The number of benzene rings is 2. The van der Waals surface area contributed by atoms with Gasteiger partial charge in [0.1, 0.15) is 22.6 Å². The highest BCUT2D eigenvalue weighted by molar-refractivity contribution is 6.08. The zero-order valence-corrected chi connectivity index (χ0v) is 28.9. The van der Waals surface area contributed by atoms with Gasteiger partial charge in [-0.1, -0.05) is 25.1 Å². The number of methoxy groups -OCH3 is 4. The third-order valence-electron chi connectivity index (χ3n) is 13.9. The maximum Gasteiger partial charge on any atom is 0.340 e. The Labute approximate surface area is 287 Å². The third-order valence-corrected chi connectivity index (χ3v) is 13.9. The Balaban J connectivity index is 1.19. The molecule has 11 heteroatoms. The summed E-state index contributed by atoms with van der Waals surface area (Å²) in [5, 5.41) is 28.8. The predicted molar refractivity (Wildman–Crippen MR) is 178 cm³/mol. The van der Waals surface area contributed by atoms with Crippen LogP contribution in [0.25, 0.3) is 0 Å². The zero-order valence-electron chi connectivity index (χ0n) is 28.9. The van der Waals surface area contributed by atoms with Crippen molar-refractivity contribution in [3.05, 3.63) is 59.7 Å². The molecule has 264 valence electrons. The predicted octanol–water partition coefficient (Wildman–Crippen LogP) is 3.52. The van der Waals surface area contributed by atoms with Gasteiger partial charge in [0.25, 0.3) is 5.91 Å². The summed E-state index contributed by atoms with van der Waals surface area (Å²) in [6.07, 6.45) is 1.71. The van der Waals surface area contributed by atoms with Crippen molar-refractivity contribution >= 4 is 17.6 Å². The highest BCUT2D eigenvalue weighted by Gasteiger charge is 2.89. The average Bonchev–Trinajstić information content (AvgIpc) is 3.54. The van der Waals surface area contributed by atoms with Crippen LogP contribution >= 0.6 is 0 Å². The number of rotatable bonds is 9. The number of likely N-dealkylation sites (N-methyl/N-ethyl adjacent to an activating group) is 1. The van der Waals surface area contributed by atoms with Crippen LogP contribution in [-0.2, 0) is 18.9 Å². The summed E-state index contributed by atoms with van der Waals surface area (Å²) in [6.45, 7) is 3.31. The molecule has 11 nitrogen and oxygen atoms in total. The van der Waals surface area contributed by atoms with E-state index < -0.39 is 34.3 Å². The molecule has 7 bridgehead atoms. The van der Waals surface area contributed by atoms with Crippen LogP contribution in [0, 0.1) is 29.1 Å². The first-order chi connectivity index (χ1) is 23.6. The van der Waals surface area contributed by atoms with Crippen molar-refractivity contribution < 1.29 is 43.5 Å². The van der Waals surface area contributed by atoms with E-state index in [9.17, 15) is 19.8 Å². The Hall–Kier alpha value is -3.06. The Morgan fingerprint density at radius 2 is 1.78 bits per heavy atom. The largest absolute Gasteiger partial charge is 0.497 e. The number of aliphatic hydroxyl groups is 2. The minimum absolute atomic E-state index is 0.0730.